The molecule has 2 nitrogen and oxygen atoms in total. The van der Waals surface area contributed by atoms with Crippen LogP contribution >= 0.6 is 11.8 Å². The molecular weight excluding hydrogens is 292 g/mol. The molecule has 0 bridgehead atoms. The van der Waals surface area contributed by atoms with Gasteiger partial charge in [0.15, 0.2) is 0 Å². The van der Waals surface area contributed by atoms with Crippen molar-refractivity contribution in [1.29, 1.82) is 0 Å². The predicted octanol–water partition coefficient (Wildman–Crippen LogP) is 4.96. The second kappa shape index (κ2) is 8.86. The van der Waals surface area contributed by atoms with E-state index in [1.807, 2.05) is 18.2 Å². The van der Waals surface area contributed by atoms with E-state index in [9.17, 15) is 0 Å². The second-order valence-corrected chi connectivity index (χ2v) is 6.65. The molecule has 0 aromatic heterocycles. The van der Waals surface area contributed by atoms with Crippen LogP contribution in [-0.2, 0) is 4.74 Å². The van der Waals surface area contributed by atoms with E-state index < -0.39 is 0 Å². The van der Waals surface area contributed by atoms with Crippen LogP contribution in [0.4, 0.5) is 0 Å². The molecule has 0 fully saturated rings. The molecule has 118 valence electrons. The van der Waals surface area contributed by atoms with Crippen LogP contribution in [0.3, 0.4) is 0 Å². The zero-order chi connectivity index (χ0) is 15.8. The minimum Gasteiger partial charge on any atom is -0.491 e. The third-order valence-corrected chi connectivity index (χ3v) is 4.24. The summed E-state index contributed by atoms with van der Waals surface area (Å²) in [5.41, 5.74) is 1.24. The zero-order valence-corrected chi connectivity index (χ0v) is 14.3. The Morgan fingerprint density at radius 3 is 2.27 bits per heavy atom. The summed E-state index contributed by atoms with van der Waals surface area (Å²) in [6.07, 6.45) is 0.273. The van der Waals surface area contributed by atoms with Crippen LogP contribution in [0.15, 0.2) is 59.5 Å². The zero-order valence-electron chi connectivity index (χ0n) is 13.5. The van der Waals surface area contributed by atoms with Gasteiger partial charge in [0.2, 0.25) is 0 Å². The number of thioether (sulfide) groups is 1. The topological polar surface area (TPSA) is 18.5 Å². The summed E-state index contributed by atoms with van der Waals surface area (Å²) in [7, 11) is 0. The first kappa shape index (κ1) is 16.9. The van der Waals surface area contributed by atoms with E-state index in [1.54, 1.807) is 11.8 Å². The standard InChI is InChI=1S/C19H24O2S/c1-15(2)21-18(14-22-19-7-5-4-6-8-19)13-20-17-11-9-16(3)10-12-17/h4-12,15,18H,13-14H2,1-3H3. The Morgan fingerprint density at radius 2 is 1.64 bits per heavy atom. The molecule has 2 aromatic carbocycles. The lowest BCUT2D eigenvalue weighted by Crippen LogP contribution is -2.27. The van der Waals surface area contributed by atoms with E-state index in [0.717, 1.165) is 11.5 Å². The first-order valence-corrected chi connectivity index (χ1v) is 8.65. The molecule has 0 saturated carbocycles. The van der Waals surface area contributed by atoms with Crippen molar-refractivity contribution in [3.05, 3.63) is 60.2 Å². The number of ether oxygens (including phenoxy) is 2. The minimum absolute atomic E-state index is 0.0755. The maximum absolute atomic E-state index is 5.97. The molecule has 0 aliphatic carbocycles. The van der Waals surface area contributed by atoms with Gasteiger partial charge in [0.05, 0.1) is 6.10 Å². The summed E-state index contributed by atoms with van der Waals surface area (Å²) in [4.78, 5) is 1.26. The van der Waals surface area contributed by atoms with Crippen molar-refractivity contribution in [3.63, 3.8) is 0 Å². The maximum atomic E-state index is 5.97. The van der Waals surface area contributed by atoms with E-state index in [-0.39, 0.29) is 12.2 Å². The fourth-order valence-electron chi connectivity index (χ4n) is 2.04. The van der Waals surface area contributed by atoms with Crippen LogP contribution in [0, 0.1) is 6.92 Å². The van der Waals surface area contributed by atoms with E-state index in [2.05, 4.69) is 57.2 Å². The average Bonchev–Trinajstić information content (AvgIpc) is 2.52. The molecular formula is C19H24O2S. The highest BCUT2D eigenvalue weighted by atomic mass is 32.2. The molecule has 0 radical (unpaired) electrons. The molecule has 1 atom stereocenters. The van der Waals surface area contributed by atoms with Gasteiger partial charge < -0.3 is 9.47 Å². The second-order valence-electron chi connectivity index (χ2n) is 5.55. The molecule has 1 unspecified atom stereocenters. The maximum Gasteiger partial charge on any atom is 0.119 e. The third kappa shape index (κ3) is 6.12. The van der Waals surface area contributed by atoms with Crippen molar-refractivity contribution < 1.29 is 9.47 Å². The largest absolute Gasteiger partial charge is 0.491 e. The Kier molecular flexibility index (Phi) is 6.81. The molecule has 0 aliphatic heterocycles. The monoisotopic (exact) mass is 316 g/mol. The molecule has 3 heteroatoms. The van der Waals surface area contributed by atoms with Gasteiger partial charge in [0, 0.05) is 10.6 Å². The number of hydrogen-bond acceptors (Lipinski definition) is 3. The third-order valence-electron chi connectivity index (χ3n) is 3.10. The molecule has 0 aliphatic rings. The van der Waals surface area contributed by atoms with Gasteiger partial charge in [-0.05, 0) is 45.0 Å². The quantitative estimate of drug-likeness (QED) is 0.641. The average molecular weight is 316 g/mol. The summed E-state index contributed by atoms with van der Waals surface area (Å²) in [6, 6.07) is 18.5. The molecule has 2 rings (SSSR count). The molecule has 0 saturated heterocycles. The fraction of sp³-hybridized carbons (Fsp3) is 0.368. The van der Waals surface area contributed by atoms with E-state index >= 15 is 0 Å². The van der Waals surface area contributed by atoms with Gasteiger partial charge >= 0.3 is 0 Å². The summed E-state index contributed by atoms with van der Waals surface area (Å²) >= 11 is 1.80. The van der Waals surface area contributed by atoms with Crippen molar-refractivity contribution in [2.45, 2.75) is 37.9 Å². The van der Waals surface area contributed by atoms with Crippen LogP contribution in [0.2, 0.25) is 0 Å². The number of rotatable bonds is 8. The van der Waals surface area contributed by atoms with Gasteiger partial charge in [-0.3, -0.25) is 0 Å². The van der Waals surface area contributed by atoms with Gasteiger partial charge in [-0.1, -0.05) is 35.9 Å². The summed E-state index contributed by atoms with van der Waals surface area (Å²) < 4.78 is 11.8. The number of aryl methyl sites for hydroxylation is 1. The highest BCUT2D eigenvalue weighted by molar-refractivity contribution is 7.99. The van der Waals surface area contributed by atoms with E-state index in [1.165, 1.54) is 10.5 Å². The SMILES string of the molecule is Cc1ccc(OCC(CSc2ccccc2)OC(C)C)cc1. The molecule has 0 heterocycles. The lowest BCUT2D eigenvalue weighted by Gasteiger charge is -2.20. The van der Waals surface area contributed by atoms with Crippen LogP contribution in [0.25, 0.3) is 0 Å². The minimum atomic E-state index is 0.0755. The molecule has 0 N–H and O–H groups in total. The highest BCUT2D eigenvalue weighted by Crippen LogP contribution is 2.20. The van der Waals surface area contributed by atoms with Crippen LogP contribution < -0.4 is 4.74 Å². The van der Waals surface area contributed by atoms with Crippen molar-refractivity contribution in [2.75, 3.05) is 12.4 Å². The van der Waals surface area contributed by atoms with Gasteiger partial charge in [0.25, 0.3) is 0 Å². The lowest BCUT2D eigenvalue weighted by atomic mass is 10.2. The summed E-state index contributed by atoms with van der Waals surface area (Å²) in [5, 5.41) is 0. The van der Waals surface area contributed by atoms with Crippen molar-refractivity contribution in [3.8, 4) is 5.75 Å². The van der Waals surface area contributed by atoms with Gasteiger partial charge in [0.1, 0.15) is 18.5 Å². The van der Waals surface area contributed by atoms with Crippen LogP contribution in [0.5, 0.6) is 5.75 Å². The number of benzene rings is 2. The Balaban J connectivity index is 1.86. The van der Waals surface area contributed by atoms with Gasteiger partial charge in [-0.15, -0.1) is 11.8 Å². The molecule has 0 amide bonds. The van der Waals surface area contributed by atoms with E-state index in [0.29, 0.717) is 6.61 Å². The molecule has 2 aromatic rings. The smallest absolute Gasteiger partial charge is 0.119 e. The highest BCUT2D eigenvalue weighted by Gasteiger charge is 2.13. The van der Waals surface area contributed by atoms with Crippen molar-refractivity contribution >= 4 is 11.8 Å². The number of hydrogen-bond donors (Lipinski definition) is 0. The lowest BCUT2D eigenvalue weighted by molar-refractivity contribution is -0.00354. The summed E-state index contributed by atoms with van der Waals surface area (Å²) in [6.45, 7) is 6.77. The Hall–Kier alpha value is -1.45. The molecule has 0 spiro atoms. The normalized spacial score (nSPS) is 12.4. The van der Waals surface area contributed by atoms with Gasteiger partial charge in [-0.2, -0.15) is 0 Å². The Bertz CT molecular complexity index is 537. The van der Waals surface area contributed by atoms with E-state index in [4.69, 9.17) is 9.47 Å². The van der Waals surface area contributed by atoms with Gasteiger partial charge in [-0.25, -0.2) is 0 Å². The first-order valence-electron chi connectivity index (χ1n) is 7.66. The fourth-order valence-corrected chi connectivity index (χ4v) is 2.94. The Morgan fingerprint density at radius 1 is 0.955 bits per heavy atom. The molecule has 22 heavy (non-hydrogen) atoms. The first-order chi connectivity index (χ1) is 10.6. The van der Waals surface area contributed by atoms with Crippen LogP contribution in [-0.4, -0.2) is 24.6 Å². The Labute approximate surface area is 137 Å². The van der Waals surface area contributed by atoms with Crippen LogP contribution in [0.1, 0.15) is 19.4 Å². The summed E-state index contributed by atoms with van der Waals surface area (Å²) in [5.74, 6) is 1.78. The van der Waals surface area contributed by atoms with Crippen molar-refractivity contribution in [1.82, 2.24) is 0 Å². The van der Waals surface area contributed by atoms with Crippen molar-refractivity contribution in [2.24, 2.45) is 0 Å². The predicted molar refractivity (Wildman–Crippen MR) is 93.8 cm³/mol.